The van der Waals surface area contributed by atoms with Gasteiger partial charge in [0.2, 0.25) is 0 Å². The van der Waals surface area contributed by atoms with Gasteiger partial charge in [0.15, 0.2) is 0 Å². The zero-order valence-electron chi connectivity index (χ0n) is 16.0. The predicted molar refractivity (Wildman–Crippen MR) is 107 cm³/mol. The fourth-order valence-electron chi connectivity index (χ4n) is 2.61. The fourth-order valence-corrected chi connectivity index (χ4v) is 2.61. The van der Waals surface area contributed by atoms with Gasteiger partial charge in [0.25, 0.3) is 0 Å². The summed E-state index contributed by atoms with van der Waals surface area (Å²) in [5.74, 6) is -0.559. The number of methoxy groups -OCH3 is 2. The van der Waals surface area contributed by atoms with Gasteiger partial charge in [-0.25, -0.2) is 0 Å². The topological polar surface area (TPSA) is 79.9 Å². The molecule has 2 amide bonds. The van der Waals surface area contributed by atoms with Crippen LogP contribution in [0.2, 0.25) is 0 Å². The van der Waals surface area contributed by atoms with E-state index in [4.69, 9.17) is 9.47 Å². The Hall–Kier alpha value is -3.22. The van der Waals surface area contributed by atoms with Gasteiger partial charge in [0, 0.05) is 30.5 Å². The first-order valence-electron chi connectivity index (χ1n) is 8.71. The van der Waals surface area contributed by atoms with Crippen LogP contribution in [0, 0.1) is 0 Å². The summed E-state index contributed by atoms with van der Waals surface area (Å²) in [4.78, 5) is 26.5. The first kappa shape index (κ1) is 20.1. The van der Waals surface area contributed by atoms with Crippen molar-refractivity contribution in [3.8, 4) is 11.5 Å². The highest BCUT2D eigenvalue weighted by atomic mass is 16.5. The molecule has 0 aliphatic carbocycles. The van der Waals surface area contributed by atoms with Crippen LogP contribution in [0.1, 0.15) is 13.8 Å². The minimum absolute atomic E-state index is 0.385. The highest BCUT2D eigenvalue weighted by Crippen LogP contribution is 2.29. The van der Waals surface area contributed by atoms with Crippen molar-refractivity contribution in [2.75, 3.05) is 42.8 Å². The van der Waals surface area contributed by atoms with Crippen molar-refractivity contribution >= 4 is 28.9 Å². The normalized spacial score (nSPS) is 10.1. The van der Waals surface area contributed by atoms with Crippen molar-refractivity contribution in [2.45, 2.75) is 13.8 Å². The number of anilines is 3. The standard InChI is InChI=1S/C20H25N3O4/c1-5-23(6-2)15-9-7-14(8-10-15)21-19(24)20(25)22-17-12-11-16(26-3)13-18(17)27-4/h7-13H,5-6H2,1-4H3,(H,21,24)(H,22,25). The van der Waals surface area contributed by atoms with E-state index in [1.165, 1.54) is 14.2 Å². The van der Waals surface area contributed by atoms with Crippen LogP contribution < -0.4 is 25.0 Å². The van der Waals surface area contributed by atoms with Crippen LogP contribution >= 0.6 is 0 Å². The lowest BCUT2D eigenvalue weighted by atomic mass is 10.2. The zero-order valence-corrected chi connectivity index (χ0v) is 16.0. The van der Waals surface area contributed by atoms with Crippen molar-refractivity contribution in [3.63, 3.8) is 0 Å². The van der Waals surface area contributed by atoms with Gasteiger partial charge in [-0.2, -0.15) is 0 Å². The van der Waals surface area contributed by atoms with Crippen molar-refractivity contribution in [1.29, 1.82) is 0 Å². The molecule has 0 aromatic heterocycles. The number of nitrogens with zero attached hydrogens (tertiary/aromatic N) is 1. The number of hydrogen-bond donors (Lipinski definition) is 2. The maximum Gasteiger partial charge on any atom is 0.314 e. The van der Waals surface area contributed by atoms with E-state index in [0.717, 1.165) is 18.8 Å². The molecule has 0 spiro atoms. The first-order valence-corrected chi connectivity index (χ1v) is 8.71. The Labute approximate surface area is 159 Å². The summed E-state index contributed by atoms with van der Waals surface area (Å²) >= 11 is 0. The van der Waals surface area contributed by atoms with Crippen molar-refractivity contribution in [2.24, 2.45) is 0 Å². The number of amides is 2. The molecule has 0 atom stereocenters. The molecule has 0 radical (unpaired) electrons. The van der Waals surface area contributed by atoms with Gasteiger partial charge in [-0.1, -0.05) is 0 Å². The minimum atomic E-state index is -0.786. The fraction of sp³-hybridized carbons (Fsp3) is 0.300. The molecule has 7 heteroatoms. The maximum atomic E-state index is 12.2. The number of ether oxygens (including phenoxy) is 2. The third-order valence-corrected chi connectivity index (χ3v) is 4.12. The summed E-state index contributed by atoms with van der Waals surface area (Å²) in [7, 11) is 3.01. The average molecular weight is 371 g/mol. The van der Waals surface area contributed by atoms with Crippen LogP contribution in [0.4, 0.5) is 17.1 Å². The molecule has 27 heavy (non-hydrogen) atoms. The highest BCUT2D eigenvalue weighted by molar-refractivity contribution is 6.43. The molecule has 144 valence electrons. The molecule has 0 saturated carbocycles. The Morgan fingerprint density at radius 2 is 1.52 bits per heavy atom. The smallest absolute Gasteiger partial charge is 0.314 e. The van der Waals surface area contributed by atoms with Crippen molar-refractivity contribution < 1.29 is 19.1 Å². The summed E-state index contributed by atoms with van der Waals surface area (Å²) in [6.07, 6.45) is 0. The molecular formula is C20H25N3O4. The third kappa shape index (κ3) is 5.13. The summed E-state index contributed by atoms with van der Waals surface area (Å²) < 4.78 is 10.3. The number of carbonyl (C=O) groups is 2. The van der Waals surface area contributed by atoms with Gasteiger partial charge in [0.05, 0.1) is 19.9 Å². The Balaban J connectivity index is 2.03. The second-order valence-electron chi connectivity index (χ2n) is 5.69. The van der Waals surface area contributed by atoms with Crippen LogP contribution in [-0.4, -0.2) is 39.1 Å². The van der Waals surface area contributed by atoms with Gasteiger partial charge in [-0.15, -0.1) is 0 Å². The molecule has 2 aromatic carbocycles. The van der Waals surface area contributed by atoms with Gasteiger partial charge in [-0.05, 0) is 50.2 Å². The van der Waals surface area contributed by atoms with Gasteiger partial charge in [0.1, 0.15) is 11.5 Å². The first-order chi connectivity index (χ1) is 13.0. The summed E-state index contributed by atoms with van der Waals surface area (Å²) in [6.45, 7) is 5.95. The van der Waals surface area contributed by atoms with E-state index >= 15 is 0 Å². The zero-order chi connectivity index (χ0) is 19.8. The predicted octanol–water partition coefficient (Wildman–Crippen LogP) is 3.13. The van der Waals surface area contributed by atoms with Gasteiger partial charge < -0.3 is 25.0 Å². The Bertz CT molecular complexity index is 786. The molecule has 0 unspecified atom stereocenters. The summed E-state index contributed by atoms with van der Waals surface area (Å²) in [5, 5.41) is 5.13. The monoisotopic (exact) mass is 371 g/mol. The van der Waals surface area contributed by atoms with Crippen LogP contribution in [-0.2, 0) is 9.59 Å². The van der Waals surface area contributed by atoms with Crippen LogP contribution in [0.25, 0.3) is 0 Å². The molecule has 7 nitrogen and oxygen atoms in total. The van der Waals surface area contributed by atoms with Crippen molar-refractivity contribution in [1.82, 2.24) is 0 Å². The second-order valence-corrected chi connectivity index (χ2v) is 5.69. The lowest BCUT2D eigenvalue weighted by Gasteiger charge is -2.21. The van der Waals surface area contributed by atoms with Crippen LogP contribution in [0.15, 0.2) is 42.5 Å². The third-order valence-electron chi connectivity index (χ3n) is 4.12. The molecule has 2 rings (SSSR count). The van der Waals surface area contributed by atoms with E-state index in [9.17, 15) is 9.59 Å². The largest absolute Gasteiger partial charge is 0.497 e. The lowest BCUT2D eigenvalue weighted by Crippen LogP contribution is -2.29. The van der Waals surface area contributed by atoms with E-state index in [2.05, 4.69) is 29.4 Å². The second kappa shape index (κ2) is 9.47. The maximum absolute atomic E-state index is 12.2. The number of nitrogens with one attached hydrogen (secondary N) is 2. The molecular weight excluding hydrogens is 346 g/mol. The van der Waals surface area contributed by atoms with E-state index < -0.39 is 11.8 Å². The van der Waals surface area contributed by atoms with Crippen LogP contribution in [0.3, 0.4) is 0 Å². The van der Waals surface area contributed by atoms with Crippen molar-refractivity contribution in [3.05, 3.63) is 42.5 Å². The lowest BCUT2D eigenvalue weighted by molar-refractivity contribution is -0.133. The van der Waals surface area contributed by atoms with Crippen LogP contribution in [0.5, 0.6) is 11.5 Å². The minimum Gasteiger partial charge on any atom is -0.497 e. The molecule has 2 aromatic rings. The SMILES string of the molecule is CCN(CC)c1ccc(NC(=O)C(=O)Nc2ccc(OC)cc2OC)cc1. The van der Waals surface area contributed by atoms with E-state index in [-0.39, 0.29) is 0 Å². The molecule has 0 saturated heterocycles. The number of carbonyl (C=O) groups excluding carboxylic acids is 2. The molecule has 0 bridgehead atoms. The molecule has 0 aliphatic heterocycles. The quantitative estimate of drug-likeness (QED) is 0.731. The Kier molecular flexibility index (Phi) is 7.05. The number of hydrogen-bond acceptors (Lipinski definition) is 5. The van der Waals surface area contributed by atoms with E-state index in [1.54, 1.807) is 30.3 Å². The summed E-state index contributed by atoms with van der Waals surface area (Å²) in [5.41, 5.74) is 1.99. The Morgan fingerprint density at radius 1 is 0.889 bits per heavy atom. The van der Waals surface area contributed by atoms with Gasteiger partial charge >= 0.3 is 11.8 Å². The van der Waals surface area contributed by atoms with E-state index in [1.807, 2.05) is 12.1 Å². The average Bonchev–Trinajstić information content (AvgIpc) is 2.70. The number of benzene rings is 2. The van der Waals surface area contributed by atoms with Gasteiger partial charge in [-0.3, -0.25) is 9.59 Å². The molecule has 0 aliphatic rings. The van der Waals surface area contributed by atoms with E-state index in [0.29, 0.717) is 22.9 Å². The Morgan fingerprint density at radius 3 is 2.07 bits per heavy atom. The molecule has 2 N–H and O–H groups in total. The molecule has 0 heterocycles. The highest BCUT2D eigenvalue weighted by Gasteiger charge is 2.16. The number of rotatable bonds is 7. The molecule has 0 fully saturated rings. The summed E-state index contributed by atoms with van der Waals surface area (Å²) in [6, 6.07) is 12.3.